The number of hydrogen-bond acceptors (Lipinski definition) is 3. The minimum Gasteiger partial charge on any atom is -0.348 e. The smallest absolute Gasteiger partial charge is 0.251 e. The number of rotatable bonds is 6. The third kappa shape index (κ3) is 4.00. The highest BCUT2D eigenvalue weighted by molar-refractivity contribution is 7.89. The van der Waals surface area contributed by atoms with E-state index in [-0.39, 0.29) is 17.3 Å². The van der Waals surface area contributed by atoms with E-state index in [0.29, 0.717) is 11.1 Å². The van der Waals surface area contributed by atoms with E-state index in [1.54, 1.807) is 30.3 Å². The molecule has 28 heavy (non-hydrogen) atoms. The van der Waals surface area contributed by atoms with Gasteiger partial charge in [-0.25, -0.2) is 12.7 Å². The second-order valence-electron chi connectivity index (χ2n) is 6.67. The number of carbonyl (C=O) groups excluding carboxylic acids is 1. The van der Waals surface area contributed by atoms with Crippen molar-refractivity contribution in [2.24, 2.45) is 0 Å². The maximum absolute atomic E-state index is 12.7. The lowest BCUT2D eigenvalue weighted by molar-refractivity contribution is 0.0950. The number of hydrogen-bond donors (Lipinski definition) is 1. The van der Waals surface area contributed by atoms with Crippen LogP contribution in [-0.2, 0) is 16.6 Å². The number of amides is 1. The highest BCUT2D eigenvalue weighted by Crippen LogP contribution is 2.19. The van der Waals surface area contributed by atoms with E-state index in [9.17, 15) is 13.2 Å². The van der Waals surface area contributed by atoms with Gasteiger partial charge in [-0.15, -0.1) is 0 Å². The van der Waals surface area contributed by atoms with E-state index in [4.69, 9.17) is 0 Å². The standard InChI is InChI=1S/C21H23N3O3S/c1-16-10-11-17(14-19(16)24-12-6-7-13-24)21(25)22-15-18-8-4-5-9-20(18)28(26,27)23(2)3/h4-14H,15H2,1-3H3,(H,22,25). The molecule has 2 aromatic carbocycles. The molecule has 1 aromatic heterocycles. The first-order valence-corrected chi connectivity index (χ1v) is 10.3. The molecule has 0 saturated heterocycles. The van der Waals surface area contributed by atoms with Crippen LogP contribution >= 0.6 is 0 Å². The third-order valence-corrected chi connectivity index (χ3v) is 6.44. The van der Waals surface area contributed by atoms with Gasteiger partial charge in [0.05, 0.1) is 4.90 Å². The highest BCUT2D eigenvalue weighted by Gasteiger charge is 2.21. The van der Waals surface area contributed by atoms with E-state index in [0.717, 1.165) is 15.6 Å². The Bertz CT molecular complexity index is 1090. The molecule has 0 spiro atoms. The average Bonchev–Trinajstić information content (AvgIpc) is 3.21. The van der Waals surface area contributed by atoms with Crippen LogP contribution in [0.3, 0.4) is 0 Å². The van der Waals surface area contributed by atoms with Crippen molar-refractivity contribution in [2.75, 3.05) is 14.1 Å². The van der Waals surface area contributed by atoms with Crippen LogP contribution in [0.5, 0.6) is 0 Å². The topological polar surface area (TPSA) is 71.4 Å². The molecule has 0 aliphatic rings. The number of sulfonamides is 1. The van der Waals surface area contributed by atoms with Crippen LogP contribution in [-0.4, -0.2) is 37.3 Å². The van der Waals surface area contributed by atoms with Gasteiger partial charge in [0.1, 0.15) is 0 Å². The van der Waals surface area contributed by atoms with Gasteiger partial charge >= 0.3 is 0 Å². The van der Waals surface area contributed by atoms with Gasteiger partial charge in [-0.05, 0) is 48.4 Å². The molecule has 3 aromatic rings. The van der Waals surface area contributed by atoms with Crippen LogP contribution in [0.2, 0.25) is 0 Å². The number of carbonyl (C=O) groups is 1. The van der Waals surface area contributed by atoms with Crippen molar-refractivity contribution >= 4 is 15.9 Å². The summed E-state index contributed by atoms with van der Waals surface area (Å²) in [5.41, 5.74) is 3.04. The Morgan fingerprint density at radius 2 is 1.71 bits per heavy atom. The fraction of sp³-hybridized carbons (Fsp3) is 0.190. The molecule has 7 heteroatoms. The molecule has 6 nitrogen and oxygen atoms in total. The predicted molar refractivity (Wildman–Crippen MR) is 109 cm³/mol. The number of aryl methyl sites for hydroxylation is 1. The molecule has 1 N–H and O–H groups in total. The number of benzene rings is 2. The van der Waals surface area contributed by atoms with Crippen molar-refractivity contribution in [3.05, 3.63) is 83.7 Å². The van der Waals surface area contributed by atoms with Crippen molar-refractivity contribution in [2.45, 2.75) is 18.4 Å². The summed E-state index contributed by atoms with van der Waals surface area (Å²) >= 11 is 0. The zero-order chi connectivity index (χ0) is 20.3. The summed E-state index contributed by atoms with van der Waals surface area (Å²) in [6, 6.07) is 16.0. The van der Waals surface area contributed by atoms with Crippen molar-refractivity contribution < 1.29 is 13.2 Å². The Labute approximate surface area is 165 Å². The van der Waals surface area contributed by atoms with Crippen LogP contribution < -0.4 is 5.32 Å². The molecule has 0 fully saturated rings. The van der Waals surface area contributed by atoms with Gasteiger partial charge in [0.25, 0.3) is 5.91 Å². The summed E-state index contributed by atoms with van der Waals surface area (Å²) in [6.45, 7) is 2.11. The maximum atomic E-state index is 12.7. The first-order valence-electron chi connectivity index (χ1n) is 8.83. The first-order chi connectivity index (χ1) is 13.3. The molecule has 1 heterocycles. The molecule has 3 rings (SSSR count). The molecular weight excluding hydrogens is 374 g/mol. The Morgan fingerprint density at radius 3 is 2.39 bits per heavy atom. The second kappa shape index (κ2) is 8.00. The SMILES string of the molecule is Cc1ccc(C(=O)NCc2ccccc2S(=O)(=O)N(C)C)cc1-n1cccc1. The summed E-state index contributed by atoms with van der Waals surface area (Å²) in [7, 11) is -0.612. The summed E-state index contributed by atoms with van der Waals surface area (Å²) in [5, 5.41) is 2.83. The monoisotopic (exact) mass is 397 g/mol. The molecule has 0 radical (unpaired) electrons. The number of nitrogens with zero attached hydrogens (tertiary/aromatic N) is 2. The molecule has 0 aliphatic carbocycles. The summed E-state index contributed by atoms with van der Waals surface area (Å²) in [6.07, 6.45) is 3.85. The molecule has 0 atom stereocenters. The summed E-state index contributed by atoms with van der Waals surface area (Å²) < 4.78 is 28.1. The van der Waals surface area contributed by atoms with Crippen LogP contribution in [0.4, 0.5) is 0 Å². The predicted octanol–water partition coefficient (Wildman–Crippen LogP) is 2.97. The quantitative estimate of drug-likeness (QED) is 0.695. The molecule has 146 valence electrons. The van der Waals surface area contributed by atoms with Gasteiger partial charge < -0.3 is 9.88 Å². The lowest BCUT2D eigenvalue weighted by Crippen LogP contribution is -2.27. The van der Waals surface area contributed by atoms with Crippen LogP contribution in [0.15, 0.2) is 71.9 Å². The third-order valence-electron chi connectivity index (χ3n) is 4.52. The molecule has 0 bridgehead atoms. The minimum atomic E-state index is -3.58. The van der Waals surface area contributed by atoms with E-state index >= 15 is 0 Å². The summed E-state index contributed by atoms with van der Waals surface area (Å²) in [4.78, 5) is 12.9. The Kier molecular flexibility index (Phi) is 5.67. The molecule has 0 saturated carbocycles. The van der Waals surface area contributed by atoms with Crippen molar-refractivity contribution in [1.29, 1.82) is 0 Å². The molecule has 0 unspecified atom stereocenters. The lowest BCUT2D eigenvalue weighted by atomic mass is 10.1. The largest absolute Gasteiger partial charge is 0.348 e. The molecular formula is C21H23N3O3S. The summed E-state index contributed by atoms with van der Waals surface area (Å²) in [5.74, 6) is -0.259. The highest BCUT2D eigenvalue weighted by atomic mass is 32.2. The van der Waals surface area contributed by atoms with E-state index in [2.05, 4.69) is 5.32 Å². The molecule has 0 aliphatic heterocycles. The van der Waals surface area contributed by atoms with E-state index < -0.39 is 10.0 Å². The minimum absolute atomic E-state index is 0.120. The van der Waals surface area contributed by atoms with Gasteiger partial charge in [-0.1, -0.05) is 24.3 Å². The van der Waals surface area contributed by atoms with Crippen molar-refractivity contribution in [1.82, 2.24) is 14.2 Å². The average molecular weight is 398 g/mol. The van der Waals surface area contributed by atoms with Gasteiger partial charge in [0, 0.05) is 44.3 Å². The first kappa shape index (κ1) is 19.9. The van der Waals surface area contributed by atoms with E-state index in [1.807, 2.05) is 48.1 Å². The van der Waals surface area contributed by atoms with Gasteiger partial charge in [0.2, 0.25) is 10.0 Å². The Hall–Kier alpha value is -2.90. The molecule has 1 amide bonds. The zero-order valence-corrected chi connectivity index (χ0v) is 16.9. The van der Waals surface area contributed by atoms with E-state index in [1.165, 1.54) is 14.1 Å². The van der Waals surface area contributed by atoms with Gasteiger partial charge in [-0.2, -0.15) is 0 Å². The number of nitrogens with one attached hydrogen (secondary N) is 1. The number of aromatic nitrogens is 1. The second-order valence-corrected chi connectivity index (χ2v) is 8.79. The fourth-order valence-electron chi connectivity index (χ4n) is 2.90. The maximum Gasteiger partial charge on any atom is 0.251 e. The normalized spacial score (nSPS) is 11.6. The van der Waals surface area contributed by atoms with Gasteiger partial charge in [0.15, 0.2) is 0 Å². The van der Waals surface area contributed by atoms with Crippen LogP contribution in [0.25, 0.3) is 5.69 Å². The van der Waals surface area contributed by atoms with Crippen LogP contribution in [0, 0.1) is 6.92 Å². The Morgan fingerprint density at radius 1 is 1.04 bits per heavy atom. The zero-order valence-electron chi connectivity index (χ0n) is 16.1. The fourth-order valence-corrected chi connectivity index (χ4v) is 4.02. The van der Waals surface area contributed by atoms with Gasteiger partial charge in [-0.3, -0.25) is 4.79 Å². The van der Waals surface area contributed by atoms with Crippen LogP contribution in [0.1, 0.15) is 21.5 Å². The Balaban J connectivity index is 1.82. The van der Waals surface area contributed by atoms with Crippen molar-refractivity contribution in [3.63, 3.8) is 0 Å². The lowest BCUT2D eigenvalue weighted by Gasteiger charge is -2.16. The van der Waals surface area contributed by atoms with Crippen molar-refractivity contribution in [3.8, 4) is 5.69 Å².